The van der Waals surface area contributed by atoms with Crippen molar-refractivity contribution in [2.45, 2.75) is 149 Å². The topological polar surface area (TPSA) is 37.4 Å². The Kier molecular flexibility index (Phi) is 13.6. The molecule has 1 aliphatic rings. The molecule has 0 bridgehead atoms. The van der Waals surface area contributed by atoms with E-state index in [9.17, 15) is 9.59 Å². The molecule has 29 heavy (non-hydrogen) atoms. The van der Waals surface area contributed by atoms with Gasteiger partial charge in [-0.2, -0.15) is 0 Å². The number of unbranched alkanes of at least 4 members (excludes halogenated alkanes) is 14. The summed E-state index contributed by atoms with van der Waals surface area (Å²) >= 11 is 0. The smallest absolute Gasteiger partial charge is 0.229 e. The molecular weight excluding hydrogens is 358 g/mol. The molecule has 0 N–H and O–H groups in total. The van der Waals surface area contributed by atoms with Crippen LogP contribution in [0.3, 0.4) is 0 Å². The van der Waals surface area contributed by atoms with Gasteiger partial charge in [0.15, 0.2) is 0 Å². The van der Waals surface area contributed by atoms with Gasteiger partial charge in [0, 0.05) is 18.9 Å². The largest absolute Gasteiger partial charge is 0.279 e. The maximum absolute atomic E-state index is 12.1. The third kappa shape index (κ3) is 11.2. The fourth-order valence-corrected chi connectivity index (χ4v) is 4.60. The first-order valence-electron chi connectivity index (χ1n) is 12.7. The number of carbonyl (C=O) groups excluding carboxylic acids is 2. The summed E-state index contributed by atoms with van der Waals surface area (Å²) in [6.45, 7) is 8.74. The molecule has 1 rings (SSSR count). The Morgan fingerprint density at radius 1 is 0.655 bits per heavy atom. The van der Waals surface area contributed by atoms with Gasteiger partial charge in [-0.05, 0) is 11.8 Å². The van der Waals surface area contributed by atoms with Crippen molar-refractivity contribution in [3.8, 4) is 0 Å². The van der Waals surface area contributed by atoms with Gasteiger partial charge in [-0.1, -0.05) is 124 Å². The van der Waals surface area contributed by atoms with Gasteiger partial charge in [-0.25, -0.2) is 0 Å². The zero-order chi connectivity index (χ0) is 21.5. The molecule has 1 heterocycles. The molecule has 1 saturated heterocycles. The van der Waals surface area contributed by atoms with Gasteiger partial charge in [0.2, 0.25) is 11.8 Å². The van der Waals surface area contributed by atoms with E-state index in [2.05, 4.69) is 27.7 Å². The minimum atomic E-state index is -0.0361. The molecule has 170 valence electrons. The number of hydrogen-bond acceptors (Lipinski definition) is 2. The molecule has 0 aromatic rings. The second-order valence-electron chi connectivity index (χ2n) is 10.3. The van der Waals surface area contributed by atoms with Crippen LogP contribution in [0.15, 0.2) is 0 Å². The van der Waals surface area contributed by atoms with Crippen molar-refractivity contribution >= 4 is 11.8 Å². The number of hydrogen-bond donors (Lipinski definition) is 0. The van der Waals surface area contributed by atoms with E-state index in [0.717, 1.165) is 12.8 Å². The van der Waals surface area contributed by atoms with Gasteiger partial charge in [0.05, 0.1) is 0 Å². The lowest BCUT2D eigenvalue weighted by Gasteiger charge is -2.37. The zero-order valence-corrected chi connectivity index (χ0v) is 20.1. The van der Waals surface area contributed by atoms with Crippen molar-refractivity contribution in [3.05, 3.63) is 0 Å². The van der Waals surface area contributed by atoms with E-state index in [1.807, 2.05) is 0 Å². The predicted octanol–water partition coefficient (Wildman–Crippen LogP) is 7.81. The minimum absolute atomic E-state index is 0.0361. The summed E-state index contributed by atoms with van der Waals surface area (Å²) in [6.07, 6.45) is 22.2. The van der Waals surface area contributed by atoms with Crippen LogP contribution in [0.5, 0.6) is 0 Å². The average molecular weight is 408 g/mol. The highest BCUT2D eigenvalue weighted by atomic mass is 16.2. The quantitative estimate of drug-likeness (QED) is 0.182. The molecule has 1 unspecified atom stereocenters. The number of amides is 2. The minimum Gasteiger partial charge on any atom is -0.279 e. The van der Waals surface area contributed by atoms with Crippen LogP contribution < -0.4 is 0 Å². The Hall–Kier alpha value is -0.860. The molecule has 0 saturated carbocycles. The Balaban J connectivity index is 2.01. The fourth-order valence-electron chi connectivity index (χ4n) is 4.60. The van der Waals surface area contributed by atoms with Crippen LogP contribution in [0.1, 0.15) is 143 Å². The van der Waals surface area contributed by atoms with E-state index < -0.39 is 0 Å². The molecule has 0 aliphatic carbocycles. The maximum atomic E-state index is 12.1. The molecule has 3 nitrogen and oxygen atoms in total. The zero-order valence-electron chi connectivity index (χ0n) is 20.1. The molecule has 2 amide bonds. The summed E-state index contributed by atoms with van der Waals surface area (Å²) in [5.41, 5.74) is -0.0361. The summed E-state index contributed by atoms with van der Waals surface area (Å²) in [5, 5.41) is 0. The molecule has 0 radical (unpaired) electrons. The highest BCUT2D eigenvalue weighted by Crippen LogP contribution is 2.32. The van der Waals surface area contributed by atoms with Crippen molar-refractivity contribution in [2.24, 2.45) is 5.41 Å². The third-order valence-electron chi connectivity index (χ3n) is 6.48. The van der Waals surface area contributed by atoms with Crippen molar-refractivity contribution in [3.63, 3.8) is 0 Å². The summed E-state index contributed by atoms with van der Waals surface area (Å²) in [4.78, 5) is 25.9. The van der Waals surface area contributed by atoms with Crippen LogP contribution in [0, 0.1) is 5.41 Å². The number of nitrogens with zero attached hydrogens (tertiary/aromatic N) is 1. The predicted molar refractivity (Wildman–Crippen MR) is 124 cm³/mol. The molecule has 1 atom stereocenters. The first-order chi connectivity index (χ1) is 13.9. The summed E-state index contributed by atoms with van der Waals surface area (Å²) in [7, 11) is 0. The summed E-state index contributed by atoms with van der Waals surface area (Å²) in [5.74, 6) is 0.0757. The SMILES string of the molecule is CCCCCCCCCCCCCCCCCC(N1C(=O)CCC1=O)C(C)(C)C. The van der Waals surface area contributed by atoms with Crippen molar-refractivity contribution in [2.75, 3.05) is 0 Å². The van der Waals surface area contributed by atoms with Crippen LogP contribution in [0.2, 0.25) is 0 Å². The van der Waals surface area contributed by atoms with Crippen LogP contribution in [0.25, 0.3) is 0 Å². The van der Waals surface area contributed by atoms with Gasteiger partial charge < -0.3 is 0 Å². The number of likely N-dealkylation sites (tertiary alicyclic amines) is 1. The van der Waals surface area contributed by atoms with Gasteiger partial charge in [-0.3, -0.25) is 14.5 Å². The Labute approximate surface area is 181 Å². The fraction of sp³-hybridized carbons (Fsp3) is 0.923. The van der Waals surface area contributed by atoms with Crippen molar-refractivity contribution < 1.29 is 9.59 Å². The molecule has 1 aliphatic heterocycles. The molecule has 3 heteroatoms. The van der Waals surface area contributed by atoms with Gasteiger partial charge >= 0.3 is 0 Å². The summed E-state index contributed by atoms with van der Waals surface area (Å²) in [6, 6.07) is 0.0620. The molecule has 0 spiro atoms. The number of rotatable bonds is 17. The van der Waals surface area contributed by atoms with Gasteiger partial charge in [-0.15, -0.1) is 0 Å². The highest BCUT2D eigenvalue weighted by molar-refractivity contribution is 6.02. The van der Waals surface area contributed by atoms with Crippen LogP contribution in [-0.4, -0.2) is 22.8 Å². The van der Waals surface area contributed by atoms with Crippen LogP contribution in [0.4, 0.5) is 0 Å². The Morgan fingerprint density at radius 3 is 1.34 bits per heavy atom. The van der Waals surface area contributed by atoms with Crippen LogP contribution >= 0.6 is 0 Å². The van der Waals surface area contributed by atoms with E-state index in [4.69, 9.17) is 0 Å². The second kappa shape index (κ2) is 15.0. The Morgan fingerprint density at radius 2 is 1.00 bits per heavy atom. The van der Waals surface area contributed by atoms with E-state index >= 15 is 0 Å². The van der Waals surface area contributed by atoms with Gasteiger partial charge in [0.25, 0.3) is 0 Å². The highest BCUT2D eigenvalue weighted by Gasteiger charge is 2.40. The van der Waals surface area contributed by atoms with Crippen molar-refractivity contribution in [1.82, 2.24) is 4.90 Å². The Bertz CT molecular complexity index is 436. The monoisotopic (exact) mass is 407 g/mol. The normalized spacial score (nSPS) is 16.1. The maximum Gasteiger partial charge on any atom is 0.229 e. The second-order valence-corrected chi connectivity index (χ2v) is 10.3. The first-order valence-corrected chi connectivity index (χ1v) is 12.7. The third-order valence-corrected chi connectivity index (χ3v) is 6.48. The summed E-state index contributed by atoms with van der Waals surface area (Å²) < 4.78 is 0. The number of carbonyl (C=O) groups is 2. The van der Waals surface area contributed by atoms with E-state index in [1.54, 1.807) is 4.90 Å². The van der Waals surface area contributed by atoms with E-state index in [0.29, 0.717) is 12.8 Å². The van der Waals surface area contributed by atoms with Gasteiger partial charge in [0.1, 0.15) is 0 Å². The molecule has 0 aromatic carbocycles. The standard InChI is InChI=1S/C26H49NO2/c1-5-6-7-8-9-10-11-12-13-14-15-16-17-18-19-20-23(26(2,3)4)27-24(28)21-22-25(27)29/h23H,5-22H2,1-4H3. The van der Waals surface area contributed by atoms with Crippen molar-refractivity contribution in [1.29, 1.82) is 0 Å². The lowest BCUT2D eigenvalue weighted by atomic mass is 9.82. The average Bonchev–Trinajstić information content (AvgIpc) is 2.99. The molecule has 1 fully saturated rings. The van der Waals surface area contributed by atoms with Crippen LogP contribution in [-0.2, 0) is 9.59 Å². The number of imide groups is 1. The lowest BCUT2D eigenvalue weighted by Crippen LogP contribution is -2.46. The lowest BCUT2D eigenvalue weighted by molar-refractivity contribution is -0.144. The first kappa shape index (κ1) is 26.2. The molecular formula is C26H49NO2. The molecule has 0 aromatic heterocycles. The van der Waals surface area contributed by atoms with E-state index in [-0.39, 0.29) is 23.3 Å². The van der Waals surface area contributed by atoms with E-state index in [1.165, 1.54) is 89.9 Å².